The van der Waals surface area contributed by atoms with Crippen LogP contribution in [-0.4, -0.2) is 40.6 Å². The molecule has 8 nitrogen and oxygen atoms in total. The van der Waals surface area contributed by atoms with Crippen LogP contribution < -0.4 is 22.5 Å². The number of hydrogen-bond donors (Lipinski definition) is 4. The highest BCUT2D eigenvalue weighted by molar-refractivity contribution is 5.93. The van der Waals surface area contributed by atoms with Crippen LogP contribution in [0.15, 0.2) is 22.8 Å². The van der Waals surface area contributed by atoms with Crippen LogP contribution in [0, 0.1) is 0 Å². The zero-order valence-corrected chi connectivity index (χ0v) is 16.8. The first-order valence-electron chi connectivity index (χ1n) is 9.45. The summed E-state index contributed by atoms with van der Waals surface area (Å²) in [4.78, 5) is 13.6. The first-order valence-corrected chi connectivity index (χ1v) is 9.45. The predicted octanol–water partition coefficient (Wildman–Crippen LogP) is 2.15. The van der Waals surface area contributed by atoms with Crippen molar-refractivity contribution in [2.24, 2.45) is 22.2 Å². The Morgan fingerprint density at radius 3 is 2.81 bits per heavy atom. The summed E-state index contributed by atoms with van der Waals surface area (Å²) in [5.41, 5.74) is 18.8. The third-order valence-corrected chi connectivity index (χ3v) is 4.35. The molecule has 27 heavy (non-hydrogen) atoms. The van der Waals surface area contributed by atoms with Crippen molar-refractivity contribution in [3.8, 4) is 0 Å². The summed E-state index contributed by atoms with van der Waals surface area (Å²) in [6.07, 6.45) is 4.25. The van der Waals surface area contributed by atoms with Crippen LogP contribution >= 0.6 is 0 Å². The van der Waals surface area contributed by atoms with Gasteiger partial charge in [-0.05, 0) is 53.0 Å². The molecule has 1 aromatic rings. The van der Waals surface area contributed by atoms with E-state index in [1.54, 1.807) is 13.0 Å². The predicted molar refractivity (Wildman–Crippen MR) is 110 cm³/mol. The van der Waals surface area contributed by atoms with Gasteiger partial charge in [0.15, 0.2) is 5.82 Å². The Morgan fingerprint density at radius 2 is 2.19 bits per heavy atom. The Bertz CT molecular complexity index is 693. The molecule has 1 aliphatic heterocycles. The zero-order chi connectivity index (χ0) is 20.0. The van der Waals surface area contributed by atoms with E-state index < -0.39 is 0 Å². The molecule has 0 bridgehead atoms. The molecule has 0 spiro atoms. The fraction of sp³-hybridized carbons (Fsp3) is 0.632. The lowest BCUT2D eigenvalue weighted by molar-refractivity contribution is -0.0597. The van der Waals surface area contributed by atoms with Crippen LogP contribution in [0.2, 0.25) is 0 Å². The average Bonchev–Trinajstić information content (AvgIpc) is 2.52. The highest BCUT2D eigenvalue weighted by Gasteiger charge is 2.31. The molecule has 1 aliphatic rings. The topological polar surface area (TPSA) is 137 Å². The second kappa shape index (κ2) is 9.14. The Kier molecular flexibility index (Phi) is 7.15. The Hall–Kier alpha value is -2.19. The fourth-order valence-corrected chi connectivity index (χ4v) is 3.09. The molecule has 0 saturated carbocycles. The molecule has 1 saturated heterocycles. The van der Waals surface area contributed by atoms with E-state index >= 15 is 0 Å². The standard InChI is InChI=1S/C19H33N7O/c1-12(20)5-7-23-18-24-15(14-6-8-27-19(3,4)11-14)10-17(26-18)25-16(22)9-13(2)21/h9-10,12,14H,5-8,11,20-21H2,1-4H3,(H3,22,23,24,25,26)/b13-9-. The van der Waals surface area contributed by atoms with E-state index in [1.165, 1.54) is 0 Å². The number of nitrogens with zero attached hydrogens (tertiary/aromatic N) is 3. The lowest BCUT2D eigenvalue weighted by Gasteiger charge is -2.35. The minimum Gasteiger partial charge on any atom is -0.402 e. The van der Waals surface area contributed by atoms with E-state index in [-0.39, 0.29) is 17.6 Å². The van der Waals surface area contributed by atoms with E-state index in [0.717, 1.165) is 25.0 Å². The molecule has 0 aliphatic carbocycles. The number of nitrogens with two attached hydrogens (primary N) is 3. The van der Waals surface area contributed by atoms with Gasteiger partial charge >= 0.3 is 0 Å². The number of hydrogen-bond acceptors (Lipinski definition) is 7. The zero-order valence-electron chi connectivity index (χ0n) is 16.8. The largest absolute Gasteiger partial charge is 0.402 e. The van der Waals surface area contributed by atoms with Gasteiger partial charge in [0, 0.05) is 36.9 Å². The van der Waals surface area contributed by atoms with Crippen molar-refractivity contribution >= 4 is 17.6 Å². The van der Waals surface area contributed by atoms with E-state index in [9.17, 15) is 0 Å². The smallest absolute Gasteiger partial charge is 0.224 e. The molecule has 2 rings (SSSR count). The van der Waals surface area contributed by atoms with Gasteiger partial charge in [-0.2, -0.15) is 4.98 Å². The van der Waals surface area contributed by atoms with Gasteiger partial charge in [0.2, 0.25) is 5.95 Å². The quantitative estimate of drug-likeness (QED) is 0.423. The van der Waals surface area contributed by atoms with Gasteiger partial charge in [0.25, 0.3) is 0 Å². The Labute approximate surface area is 161 Å². The van der Waals surface area contributed by atoms with E-state index in [0.29, 0.717) is 36.5 Å². The summed E-state index contributed by atoms with van der Waals surface area (Å²) < 4.78 is 5.83. The second-order valence-electron chi connectivity index (χ2n) is 7.89. The maximum atomic E-state index is 5.94. The lowest BCUT2D eigenvalue weighted by Crippen LogP contribution is -2.33. The van der Waals surface area contributed by atoms with Gasteiger partial charge in [0.1, 0.15) is 5.84 Å². The van der Waals surface area contributed by atoms with Gasteiger partial charge < -0.3 is 27.3 Å². The molecular weight excluding hydrogens is 342 g/mol. The van der Waals surface area contributed by atoms with Crippen molar-refractivity contribution in [1.29, 1.82) is 0 Å². The van der Waals surface area contributed by atoms with E-state index in [4.69, 9.17) is 26.9 Å². The monoisotopic (exact) mass is 375 g/mol. The SMILES string of the molecule is C/C(N)=C/C(N)=Nc1cc(C2CCOC(C)(C)C2)nc(NCCC(C)N)n1. The number of anilines is 1. The molecule has 2 atom stereocenters. The van der Waals surface area contributed by atoms with Gasteiger partial charge in [-0.3, -0.25) is 0 Å². The van der Waals surface area contributed by atoms with Crippen LogP contribution in [0.4, 0.5) is 11.8 Å². The maximum absolute atomic E-state index is 5.94. The molecule has 8 heteroatoms. The molecule has 0 radical (unpaired) electrons. The molecular formula is C19H33N7O. The summed E-state index contributed by atoms with van der Waals surface area (Å²) in [5, 5.41) is 3.25. The van der Waals surface area contributed by atoms with Crippen molar-refractivity contribution in [3.05, 3.63) is 23.5 Å². The summed E-state index contributed by atoms with van der Waals surface area (Å²) in [7, 11) is 0. The van der Waals surface area contributed by atoms with Crippen molar-refractivity contribution in [3.63, 3.8) is 0 Å². The maximum Gasteiger partial charge on any atom is 0.224 e. The lowest BCUT2D eigenvalue weighted by atomic mass is 9.86. The number of allylic oxidation sites excluding steroid dienone is 1. The molecule has 2 unspecified atom stereocenters. The number of nitrogens with one attached hydrogen (secondary N) is 1. The Morgan fingerprint density at radius 1 is 1.44 bits per heavy atom. The molecule has 0 amide bonds. The summed E-state index contributed by atoms with van der Waals surface area (Å²) in [5.74, 6) is 1.65. The molecule has 1 fully saturated rings. The molecule has 0 aromatic carbocycles. The number of aliphatic imine (C=N–C) groups is 1. The van der Waals surface area contributed by atoms with Crippen molar-refractivity contribution in [1.82, 2.24) is 9.97 Å². The summed E-state index contributed by atoms with van der Waals surface area (Å²) in [6.45, 7) is 9.35. The third-order valence-electron chi connectivity index (χ3n) is 4.35. The third kappa shape index (κ3) is 7.15. The molecule has 150 valence electrons. The molecule has 1 aromatic heterocycles. The normalized spacial score (nSPS) is 21.7. The van der Waals surface area contributed by atoms with Crippen LogP contribution in [-0.2, 0) is 4.74 Å². The molecule has 2 heterocycles. The van der Waals surface area contributed by atoms with Crippen molar-refractivity contribution < 1.29 is 4.74 Å². The van der Waals surface area contributed by atoms with E-state index in [1.807, 2.05) is 13.0 Å². The van der Waals surface area contributed by atoms with Crippen LogP contribution in [0.1, 0.15) is 58.6 Å². The van der Waals surface area contributed by atoms with Gasteiger partial charge in [-0.1, -0.05) is 0 Å². The minimum atomic E-state index is -0.168. The summed E-state index contributed by atoms with van der Waals surface area (Å²) >= 11 is 0. The number of rotatable bonds is 7. The average molecular weight is 376 g/mol. The van der Waals surface area contributed by atoms with Gasteiger partial charge in [-0.25, -0.2) is 9.98 Å². The van der Waals surface area contributed by atoms with Crippen LogP contribution in [0.5, 0.6) is 0 Å². The van der Waals surface area contributed by atoms with Crippen LogP contribution in [0.3, 0.4) is 0 Å². The van der Waals surface area contributed by atoms with Crippen molar-refractivity contribution in [2.75, 3.05) is 18.5 Å². The highest BCUT2D eigenvalue weighted by Crippen LogP contribution is 2.36. The van der Waals surface area contributed by atoms with Crippen LogP contribution in [0.25, 0.3) is 0 Å². The molecule has 7 N–H and O–H groups in total. The highest BCUT2D eigenvalue weighted by atomic mass is 16.5. The second-order valence-corrected chi connectivity index (χ2v) is 7.89. The van der Waals surface area contributed by atoms with Gasteiger partial charge in [-0.15, -0.1) is 0 Å². The van der Waals surface area contributed by atoms with Gasteiger partial charge in [0.05, 0.1) is 11.3 Å². The number of ether oxygens (including phenoxy) is 1. The number of aromatic nitrogens is 2. The first-order chi connectivity index (χ1) is 12.6. The van der Waals surface area contributed by atoms with E-state index in [2.05, 4.69) is 29.1 Å². The number of amidine groups is 1. The minimum absolute atomic E-state index is 0.114. The Balaban J connectivity index is 2.31. The summed E-state index contributed by atoms with van der Waals surface area (Å²) in [6, 6.07) is 2.01. The fourth-order valence-electron chi connectivity index (χ4n) is 3.09. The van der Waals surface area contributed by atoms with Crippen molar-refractivity contribution in [2.45, 2.75) is 64.5 Å². The first kappa shape index (κ1) is 21.1.